The van der Waals surface area contributed by atoms with Crippen LogP contribution in [0.4, 0.5) is 11.4 Å². The predicted octanol–water partition coefficient (Wildman–Crippen LogP) is 2.85. The van der Waals surface area contributed by atoms with Crippen molar-refractivity contribution in [3.05, 3.63) is 53.1 Å². The Bertz CT molecular complexity index is 928. The van der Waals surface area contributed by atoms with Gasteiger partial charge in [-0.2, -0.15) is 0 Å². The molecular weight excluding hydrogens is 378 g/mol. The minimum Gasteiger partial charge on any atom is -0.355 e. The van der Waals surface area contributed by atoms with Crippen LogP contribution < -0.4 is 15.4 Å². The maximum Gasteiger partial charge on any atom is 0.261 e. The summed E-state index contributed by atoms with van der Waals surface area (Å²) in [7, 11) is -2.49. The molecule has 138 valence electrons. The van der Waals surface area contributed by atoms with Crippen LogP contribution >= 0.6 is 11.6 Å². The van der Waals surface area contributed by atoms with E-state index in [1.165, 1.54) is 49.5 Å². The van der Waals surface area contributed by atoms with Crippen LogP contribution in [0.5, 0.6) is 0 Å². The molecule has 26 heavy (non-hydrogen) atoms. The molecule has 2 aromatic carbocycles. The lowest BCUT2D eigenvalue weighted by molar-refractivity contribution is -0.115. The lowest BCUT2D eigenvalue weighted by Crippen LogP contribution is -2.21. The lowest BCUT2D eigenvalue weighted by atomic mass is 10.2. The van der Waals surface area contributed by atoms with Crippen molar-refractivity contribution in [1.82, 2.24) is 5.32 Å². The summed E-state index contributed by atoms with van der Waals surface area (Å²) >= 11 is 5.89. The zero-order valence-corrected chi connectivity index (χ0v) is 15.7. The van der Waals surface area contributed by atoms with E-state index >= 15 is 0 Å². The van der Waals surface area contributed by atoms with Gasteiger partial charge >= 0.3 is 0 Å². The van der Waals surface area contributed by atoms with E-state index in [0.29, 0.717) is 17.1 Å². The van der Waals surface area contributed by atoms with Crippen molar-refractivity contribution in [1.29, 1.82) is 0 Å². The van der Waals surface area contributed by atoms with E-state index in [1.54, 1.807) is 6.92 Å². The zero-order valence-electron chi connectivity index (χ0n) is 14.2. The molecule has 2 rings (SSSR count). The van der Waals surface area contributed by atoms with Gasteiger partial charge in [0, 0.05) is 24.2 Å². The Labute approximate surface area is 156 Å². The monoisotopic (exact) mass is 395 g/mol. The molecule has 0 atom stereocenters. The number of nitrogens with one attached hydrogen (secondary N) is 3. The Morgan fingerprint density at radius 3 is 2.31 bits per heavy atom. The third kappa shape index (κ3) is 4.74. The van der Waals surface area contributed by atoms with Crippen molar-refractivity contribution in [2.75, 3.05) is 17.1 Å². The number of carbonyl (C=O) groups excluding carboxylic acids is 2. The number of carbonyl (C=O) groups is 2. The Kier molecular flexibility index (Phi) is 6.23. The van der Waals surface area contributed by atoms with Crippen LogP contribution in [-0.4, -0.2) is 27.3 Å². The van der Waals surface area contributed by atoms with Gasteiger partial charge < -0.3 is 10.6 Å². The first kappa shape index (κ1) is 19.7. The van der Waals surface area contributed by atoms with E-state index in [4.69, 9.17) is 11.6 Å². The highest BCUT2D eigenvalue weighted by molar-refractivity contribution is 7.92. The molecule has 0 aliphatic carbocycles. The van der Waals surface area contributed by atoms with Crippen molar-refractivity contribution in [3.8, 4) is 0 Å². The van der Waals surface area contributed by atoms with Crippen molar-refractivity contribution in [3.63, 3.8) is 0 Å². The number of hydrogen-bond donors (Lipinski definition) is 3. The SMILES string of the molecule is CCC(=O)Nc1ccc(S(=O)(=O)Nc2ccc(Cl)cc2C(=O)NC)cc1. The number of anilines is 2. The van der Waals surface area contributed by atoms with Gasteiger partial charge in [-0.25, -0.2) is 8.42 Å². The molecule has 0 aliphatic rings. The molecule has 0 aromatic heterocycles. The molecule has 0 saturated heterocycles. The molecule has 3 N–H and O–H groups in total. The highest BCUT2D eigenvalue weighted by Gasteiger charge is 2.19. The van der Waals surface area contributed by atoms with Crippen LogP contribution in [0.15, 0.2) is 47.4 Å². The van der Waals surface area contributed by atoms with Gasteiger partial charge in [0.15, 0.2) is 0 Å². The van der Waals surface area contributed by atoms with Crippen molar-refractivity contribution >= 4 is 44.8 Å². The first-order valence-electron chi connectivity index (χ1n) is 7.71. The summed E-state index contributed by atoms with van der Waals surface area (Å²) in [6, 6.07) is 9.98. The van der Waals surface area contributed by atoms with E-state index < -0.39 is 15.9 Å². The van der Waals surface area contributed by atoms with Crippen LogP contribution in [0.1, 0.15) is 23.7 Å². The normalized spacial score (nSPS) is 10.9. The molecule has 9 heteroatoms. The number of halogens is 1. The molecule has 0 bridgehead atoms. The van der Waals surface area contributed by atoms with Gasteiger partial charge in [0.25, 0.3) is 15.9 Å². The van der Waals surface area contributed by atoms with Crippen molar-refractivity contribution < 1.29 is 18.0 Å². The quantitative estimate of drug-likeness (QED) is 0.699. The van der Waals surface area contributed by atoms with Crippen molar-refractivity contribution in [2.45, 2.75) is 18.2 Å². The van der Waals surface area contributed by atoms with Gasteiger partial charge in [0.2, 0.25) is 5.91 Å². The van der Waals surface area contributed by atoms with Crippen LogP contribution in [0, 0.1) is 0 Å². The Morgan fingerprint density at radius 2 is 1.73 bits per heavy atom. The summed E-state index contributed by atoms with van der Waals surface area (Å²) in [6.07, 6.45) is 0.320. The summed E-state index contributed by atoms with van der Waals surface area (Å²) in [4.78, 5) is 23.3. The number of benzene rings is 2. The van der Waals surface area contributed by atoms with Crippen LogP contribution in [-0.2, 0) is 14.8 Å². The Hall–Kier alpha value is -2.58. The second kappa shape index (κ2) is 8.20. The molecule has 0 aliphatic heterocycles. The maximum absolute atomic E-state index is 12.6. The fourth-order valence-electron chi connectivity index (χ4n) is 2.10. The number of rotatable bonds is 6. The fraction of sp³-hybridized carbons (Fsp3) is 0.176. The molecule has 0 spiro atoms. The minimum absolute atomic E-state index is 0.00944. The third-order valence-electron chi connectivity index (χ3n) is 3.47. The summed E-state index contributed by atoms with van der Waals surface area (Å²) < 4.78 is 27.5. The standard InChI is InChI=1S/C17H18ClN3O4S/c1-3-16(22)20-12-5-7-13(8-6-12)26(24,25)21-15-9-4-11(18)10-14(15)17(23)19-2/h4-10,21H,3H2,1-2H3,(H,19,23)(H,20,22). The molecule has 0 heterocycles. The first-order chi connectivity index (χ1) is 12.3. The van der Waals surface area contributed by atoms with E-state index in [1.807, 2.05) is 0 Å². The van der Waals surface area contributed by atoms with Gasteiger partial charge in [0.05, 0.1) is 16.1 Å². The van der Waals surface area contributed by atoms with Crippen LogP contribution in [0.3, 0.4) is 0 Å². The van der Waals surface area contributed by atoms with Gasteiger partial charge in [-0.1, -0.05) is 18.5 Å². The number of amides is 2. The van der Waals surface area contributed by atoms with E-state index in [0.717, 1.165) is 0 Å². The number of sulfonamides is 1. The smallest absolute Gasteiger partial charge is 0.261 e. The van der Waals surface area contributed by atoms with Gasteiger partial charge in [-0.05, 0) is 42.5 Å². The lowest BCUT2D eigenvalue weighted by Gasteiger charge is -2.13. The maximum atomic E-state index is 12.6. The van der Waals surface area contributed by atoms with Crippen LogP contribution in [0.2, 0.25) is 5.02 Å². The summed E-state index contributed by atoms with van der Waals surface area (Å²) in [6.45, 7) is 1.72. The number of hydrogen-bond acceptors (Lipinski definition) is 4. The molecule has 0 saturated carbocycles. The van der Waals surface area contributed by atoms with E-state index in [9.17, 15) is 18.0 Å². The minimum atomic E-state index is -3.93. The molecule has 2 aromatic rings. The molecule has 7 nitrogen and oxygen atoms in total. The van der Waals surface area contributed by atoms with E-state index in [-0.39, 0.29) is 22.1 Å². The fourth-order valence-corrected chi connectivity index (χ4v) is 3.35. The van der Waals surface area contributed by atoms with E-state index in [2.05, 4.69) is 15.4 Å². The summed E-state index contributed by atoms with van der Waals surface area (Å²) in [5, 5.41) is 5.38. The summed E-state index contributed by atoms with van der Waals surface area (Å²) in [5.74, 6) is -0.641. The molecular formula is C17H18ClN3O4S. The van der Waals surface area contributed by atoms with Gasteiger partial charge in [0.1, 0.15) is 0 Å². The molecule has 2 amide bonds. The largest absolute Gasteiger partial charge is 0.355 e. The average molecular weight is 396 g/mol. The second-order valence-corrected chi connectivity index (χ2v) is 7.42. The highest BCUT2D eigenvalue weighted by Crippen LogP contribution is 2.24. The average Bonchev–Trinajstić information content (AvgIpc) is 2.62. The van der Waals surface area contributed by atoms with Crippen molar-refractivity contribution in [2.24, 2.45) is 0 Å². The van der Waals surface area contributed by atoms with Gasteiger partial charge in [-0.3, -0.25) is 14.3 Å². The molecule has 0 unspecified atom stereocenters. The van der Waals surface area contributed by atoms with Crippen LogP contribution in [0.25, 0.3) is 0 Å². The molecule has 0 radical (unpaired) electrons. The zero-order chi connectivity index (χ0) is 19.3. The Morgan fingerprint density at radius 1 is 1.08 bits per heavy atom. The summed E-state index contributed by atoms with van der Waals surface area (Å²) in [5.41, 5.74) is 0.709. The predicted molar refractivity (Wildman–Crippen MR) is 101 cm³/mol. The molecule has 0 fully saturated rings. The second-order valence-electron chi connectivity index (χ2n) is 5.30. The third-order valence-corrected chi connectivity index (χ3v) is 5.08. The highest BCUT2D eigenvalue weighted by atomic mass is 35.5. The Balaban J connectivity index is 2.29. The topological polar surface area (TPSA) is 104 Å². The van der Waals surface area contributed by atoms with Gasteiger partial charge in [-0.15, -0.1) is 0 Å². The first-order valence-corrected chi connectivity index (χ1v) is 9.57.